The van der Waals surface area contributed by atoms with Gasteiger partial charge in [0.2, 0.25) is 0 Å². The van der Waals surface area contributed by atoms with E-state index in [2.05, 4.69) is 40.7 Å². The Labute approximate surface area is 148 Å². The van der Waals surface area contributed by atoms with Crippen LogP contribution in [0.3, 0.4) is 0 Å². The zero-order valence-electron chi connectivity index (χ0n) is 14.6. The molecule has 0 atom stereocenters. The fourth-order valence-electron chi connectivity index (χ4n) is 3.20. The molecular weight excluding hydrogens is 314 g/mol. The molecular formula is C20H23N3O2. The first kappa shape index (κ1) is 17.0. The molecule has 0 aliphatic carbocycles. The molecule has 0 aromatic heterocycles. The van der Waals surface area contributed by atoms with Gasteiger partial charge in [-0.3, -0.25) is 4.79 Å². The number of Topliss-reactive ketones (excluding diaryl/α,β-unsaturated/α-hetero) is 1. The van der Waals surface area contributed by atoms with Crippen LogP contribution >= 0.6 is 0 Å². The summed E-state index contributed by atoms with van der Waals surface area (Å²) in [5.41, 5.74) is 5.22. The number of nitrogens with zero attached hydrogens (tertiary/aromatic N) is 1. The van der Waals surface area contributed by atoms with Gasteiger partial charge in [-0.15, -0.1) is 0 Å². The molecule has 5 nitrogen and oxygen atoms in total. The average Bonchev–Trinajstić information content (AvgIpc) is 3.00. The predicted octanol–water partition coefficient (Wildman–Crippen LogP) is 3.38. The number of fused-ring (bicyclic) bond motifs is 1. The molecule has 0 saturated carbocycles. The van der Waals surface area contributed by atoms with Gasteiger partial charge in [-0.25, -0.2) is 4.79 Å². The van der Waals surface area contributed by atoms with Gasteiger partial charge in [0.05, 0.1) is 0 Å². The topological polar surface area (TPSA) is 61.4 Å². The van der Waals surface area contributed by atoms with E-state index in [0.717, 1.165) is 19.5 Å². The molecule has 25 heavy (non-hydrogen) atoms. The maximum absolute atomic E-state index is 12.0. The number of ketones is 1. The highest BCUT2D eigenvalue weighted by molar-refractivity contribution is 5.96. The van der Waals surface area contributed by atoms with Gasteiger partial charge in [-0.05, 0) is 49.6 Å². The molecule has 130 valence electrons. The standard InChI is InChI=1S/C20H23N3O2/c1-14-5-3-8-19-18(14)9-11-23(19)12-10-21-20(25)22-17-7-4-6-16(13-17)15(2)24/h3-8,13H,9-12H2,1-2H3,(H2,21,22,25). The Morgan fingerprint density at radius 1 is 1.16 bits per heavy atom. The molecule has 1 aliphatic heterocycles. The molecule has 0 unspecified atom stereocenters. The van der Waals surface area contributed by atoms with Gasteiger partial charge in [-0.2, -0.15) is 0 Å². The number of urea groups is 1. The van der Waals surface area contributed by atoms with Crippen molar-refractivity contribution in [3.8, 4) is 0 Å². The van der Waals surface area contributed by atoms with Gasteiger partial charge in [0.1, 0.15) is 0 Å². The van der Waals surface area contributed by atoms with Crippen LogP contribution < -0.4 is 15.5 Å². The number of amides is 2. The number of nitrogens with one attached hydrogen (secondary N) is 2. The molecule has 2 amide bonds. The van der Waals surface area contributed by atoms with Crippen molar-refractivity contribution in [2.45, 2.75) is 20.3 Å². The summed E-state index contributed by atoms with van der Waals surface area (Å²) in [6, 6.07) is 13.0. The number of carbonyl (C=O) groups is 2. The van der Waals surface area contributed by atoms with Crippen molar-refractivity contribution in [3.63, 3.8) is 0 Å². The first-order valence-electron chi connectivity index (χ1n) is 8.54. The van der Waals surface area contributed by atoms with Crippen molar-refractivity contribution in [2.75, 3.05) is 29.9 Å². The molecule has 2 aromatic carbocycles. The number of anilines is 2. The lowest BCUT2D eigenvalue weighted by Gasteiger charge is -2.20. The molecule has 2 N–H and O–H groups in total. The number of hydrogen-bond acceptors (Lipinski definition) is 3. The first-order valence-corrected chi connectivity index (χ1v) is 8.54. The summed E-state index contributed by atoms with van der Waals surface area (Å²) < 4.78 is 0. The van der Waals surface area contributed by atoms with Crippen LogP contribution in [0.1, 0.15) is 28.4 Å². The second-order valence-corrected chi connectivity index (χ2v) is 6.33. The Hall–Kier alpha value is -2.82. The number of carbonyl (C=O) groups excluding carboxylic acids is 2. The van der Waals surface area contributed by atoms with E-state index in [-0.39, 0.29) is 11.8 Å². The Kier molecular flexibility index (Phi) is 5.03. The van der Waals surface area contributed by atoms with Gasteiger partial charge >= 0.3 is 6.03 Å². The third kappa shape index (κ3) is 3.99. The van der Waals surface area contributed by atoms with Crippen molar-refractivity contribution < 1.29 is 9.59 Å². The molecule has 5 heteroatoms. The predicted molar refractivity (Wildman–Crippen MR) is 101 cm³/mol. The highest BCUT2D eigenvalue weighted by Crippen LogP contribution is 2.29. The second-order valence-electron chi connectivity index (χ2n) is 6.33. The summed E-state index contributed by atoms with van der Waals surface area (Å²) in [4.78, 5) is 25.7. The summed E-state index contributed by atoms with van der Waals surface area (Å²) in [5, 5.41) is 5.65. The zero-order chi connectivity index (χ0) is 17.8. The Bertz CT molecular complexity index is 801. The summed E-state index contributed by atoms with van der Waals surface area (Å²) in [6.07, 6.45) is 1.06. The Morgan fingerprint density at radius 3 is 2.76 bits per heavy atom. The van der Waals surface area contributed by atoms with E-state index in [1.165, 1.54) is 23.7 Å². The highest BCUT2D eigenvalue weighted by Gasteiger charge is 2.19. The fourth-order valence-corrected chi connectivity index (χ4v) is 3.20. The minimum Gasteiger partial charge on any atom is -0.369 e. The number of aryl methyl sites for hydroxylation is 1. The average molecular weight is 337 g/mol. The maximum Gasteiger partial charge on any atom is 0.319 e. The van der Waals surface area contributed by atoms with Crippen molar-refractivity contribution >= 4 is 23.2 Å². The smallest absolute Gasteiger partial charge is 0.319 e. The third-order valence-electron chi connectivity index (χ3n) is 4.55. The summed E-state index contributed by atoms with van der Waals surface area (Å²) >= 11 is 0. The molecule has 1 aliphatic rings. The van der Waals surface area contributed by atoms with E-state index in [4.69, 9.17) is 0 Å². The van der Waals surface area contributed by atoms with Crippen LogP contribution in [0, 0.1) is 6.92 Å². The van der Waals surface area contributed by atoms with E-state index >= 15 is 0 Å². The van der Waals surface area contributed by atoms with Gasteiger partial charge in [0, 0.05) is 36.6 Å². The molecule has 0 bridgehead atoms. The van der Waals surface area contributed by atoms with Crippen LogP contribution in [0.2, 0.25) is 0 Å². The fraction of sp³-hybridized carbons (Fsp3) is 0.300. The molecule has 0 radical (unpaired) electrons. The zero-order valence-corrected chi connectivity index (χ0v) is 14.6. The van der Waals surface area contributed by atoms with Gasteiger partial charge in [-0.1, -0.05) is 24.3 Å². The summed E-state index contributed by atoms with van der Waals surface area (Å²) in [5.74, 6) is -0.0212. The number of benzene rings is 2. The van der Waals surface area contributed by atoms with Crippen molar-refractivity contribution in [3.05, 3.63) is 59.2 Å². The highest BCUT2D eigenvalue weighted by atomic mass is 16.2. The SMILES string of the molecule is CC(=O)c1cccc(NC(=O)NCCN2CCc3c(C)cccc32)c1. The molecule has 0 saturated heterocycles. The molecule has 3 rings (SSSR count). The third-order valence-corrected chi connectivity index (χ3v) is 4.55. The normalized spacial score (nSPS) is 12.6. The van der Waals surface area contributed by atoms with Gasteiger partial charge in [0.15, 0.2) is 5.78 Å². The lowest BCUT2D eigenvalue weighted by Crippen LogP contribution is -2.36. The van der Waals surface area contributed by atoms with Crippen LogP contribution in [-0.4, -0.2) is 31.4 Å². The summed E-state index contributed by atoms with van der Waals surface area (Å²) in [7, 11) is 0. The number of rotatable bonds is 5. The first-order chi connectivity index (χ1) is 12.0. The maximum atomic E-state index is 12.0. The minimum absolute atomic E-state index is 0.0212. The molecule has 1 heterocycles. The largest absolute Gasteiger partial charge is 0.369 e. The van der Waals surface area contributed by atoms with E-state index in [9.17, 15) is 9.59 Å². The van der Waals surface area contributed by atoms with E-state index in [1.807, 2.05) is 0 Å². The quantitative estimate of drug-likeness (QED) is 0.822. The second kappa shape index (κ2) is 7.38. The van der Waals surface area contributed by atoms with Crippen molar-refractivity contribution in [2.24, 2.45) is 0 Å². The lowest BCUT2D eigenvalue weighted by atomic mass is 10.1. The van der Waals surface area contributed by atoms with Gasteiger partial charge in [0.25, 0.3) is 0 Å². The minimum atomic E-state index is -0.260. The molecule has 0 fully saturated rings. The molecule has 0 spiro atoms. The lowest BCUT2D eigenvalue weighted by molar-refractivity contribution is 0.101. The summed E-state index contributed by atoms with van der Waals surface area (Å²) in [6.45, 7) is 5.98. The van der Waals surface area contributed by atoms with Crippen LogP contribution in [0.5, 0.6) is 0 Å². The van der Waals surface area contributed by atoms with Crippen LogP contribution in [0.4, 0.5) is 16.2 Å². The van der Waals surface area contributed by atoms with Crippen LogP contribution in [0.25, 0.3) is 0 Å². The van der Waals surface area contributed by atoms with E-state index < -0.39 is 0 Å². The van der Waals surface area contributed by atoms with Gasteiger partial charge < -0.3 is 15.5 Å². The van der Waals surface area contributed by atoms with Crippen LogP contribution in [0.15, 0.2) is 42.5 Å². The van der Waals surface area contributed by atoms with Crippen LogP contribution in [-0.2, 0) is 6.42 Å². The van der Waals surface area contributed by atoms with Crippen molar-refractivity contribution in [1.82, 2.24) is 5.32 Å². The molecule has 2 aromatic rings. The Balaban J connectivity index is 1.50. The van der Waals surface area contributed by atoms with Crippen molar-refractivity contribution in [1.29, 1.82) is 0 Å². The Morgan fingerprint density at radius 2 is 1.96 bits per heavy atom. The number of hydrogen-bond donors (Lipinski definition) is 2. The van der Waals surface area contributed by atoms with E-state index in [1.54, 1.807) is 24.3 Å². The van der Waals surface area contributed by atoms with E-state index in [0.29, 0.717) is 17.8 Å². The monoisotopic (exact) mass is 337 g/mol.